The van der Waals surface area contributed by atoms with Crippen molar-refractivity contribution in [2.24, 2.45) is 11.7 Å². The number of rotatable bonds is 4. The van der Waals surface area contributed by atoms with Crippen molar-refractivity contribution in [2.45, 2.75) is 25.3 Å². The van der Waals surface area contributed by atoms with Gasteiger partial charge in [0.2, 0.25) is 10.0 Å². The van der Waals surface area contributed by atoms with Gasteiger partial charge in [-0.05, 0) is 48.9 Å². The van der Waals surface area contributed by atoms with Crippen molar-refractivity contribution in [3.8, 4) is 0 Å². The lowest BCUT2D eigenvalue weighted by atomic mass is 9.90. The molecule has 1 saturated heterocycles. The Kier molecular flexibility index (Phi) is 5.40. The van der Waals surface area contributed by atoms with Gasteiger partial charge in [0.25, 0.3) is 0 Å². The first kappa shape index (κ1) is 16.9. The quantitative estimate of drug-likeness (QED) is 0.875. The van der Waals surface area contributed by atoms with E-state index in [1.165, 1.54) is 22.7 Å². The second kappa shape index (κ2) is 6.73. The van der Waals surface area contributed by atoms with Crippen LogP contribution in [-0.4, -0.2) is 32.1 Å². The lowest BCUT2D eigenvalue weighted by molar-refractivity contribution is 0.247. The van der Waals surface area contributed by atoms with E-state index >= 15 is 0 Å². The number of sulfonamides is 1. The van der Waals surface area contributed by atoms with Crippen LogP contribution in [0.3, 0.4) is 0 Å². The number of hydrogen-bond donors (Lipinski definition) is 1. The maximum atomic E-state index is 13.4. The lowest BCUT2D eigenvalue weighted by Gasteiger charge is -2.32. The summed E-state index contributed by atoms with van der Waals surface area (Å²) in [6, 6.07) is 4.35. The number of nitrogens with zero attached hydrogens (tertiary/aromatic N) is 1. The second-order valence-electron chi connectivity index (χ2n) is 5.67. The Labute approximate surface area is 133 Å². The van der Waals surface area contributed by atoms with Gasteiger partial charge in [0.15, 0.2) is 0 Å². The minimum atomic E-state index is -3.15. The summed E-state index contributed by atoms with van der Waals surface area (Å²) in [5, 5.41) is 0. The van der Waals surface area contributed by atoms with Gasteiger partial charge in [-0.2, -0.15) is 0 Å². The van der Waals surface area contributed by atoms with Gasteiger partial charge in [0.1, 0.15) is 5.82 Å². The smallest absolute Gasteiger partial charge is 0.211 e. The van der Waals surface area contributed by atoms with Gasteiger partial charge in [-0.25, -0.2) is 17.1 Å². The normalized spacial score (nSPS) is 22.2. The zero-order chi connectivity index (χ0) is 15.6. The maximum Gasteiger partial charge on any atom is 0.211 e. The molecule has 1 aliphatic rings. The summed E-state index contributed by atoms with van der Waals surface area (Å²) < 4.78 is 38.8. The van der Waals surface area contributed by atoms with Crippen molar-refractivity contribution in [3.63, 3.8) is 0 Å². The first-order chi connectivity index (χ1) is 9.75. The molecule has 2 atom stereocenters. The molecule has 1 aliphatic heterocycles. The molecule has 0 bridgehead atoms. The van der Waals surface area contributed by atoms with Gasteiger partial charge in [-0.3, -0.25) is 0 Å². The molecule has 4 nitrogen and oxygen atoms in total. The van der Waals surface area contributed by atoms with Gasteiger partial charge in [-0.1, -0.05) is 15.9 Å². The number of halogens is 2. The average Bonchev–Trinajstić information content (AvgIpc) is 2.37. The molecule has 21 heavy (non-hydrogen) atoms. The van der Waals surface area contributed by atoms with Crippen LogP contribution >= 0.6 is 15.9 Å². The molecule has 2 unspecified atom stereocenters. The summed E-state index contributed by atoms with van der Waals surface area (Å²) in [4.78, 5) is 0. The van der Waals surface area contributed by atoms with Crippen LogP contribution in [0.1, 0.15) is 30.9 Å². The van der Waals surface area contributed by atoms with Gasteiger partial charge in [-0.15, -0.1) is 0 Å². The van der Waals surface area contributed by atoms with E-state index in [4.69, 9.17) is 5.73 Å². The minimum absolute atomic E-state index is 0.213. The predicted molar refractivity (Wildman–Crippen MR) is 84.8 cm³/mol. The lowest BCUT2D eigenvalue weighted by Crippen LogP contribution is -2.40. The van der Waals surface area contributed by atoms with Crippen molar-refractivity contribution in [3.05, 3.63) is 34.1 Å². The Morgan fingerprint density at radius 1 is 1.48 bits per heavy atom. The van der Waals surface area contributed by atoms with Crippen molar-refractivity contribution in [2.75, 3.05) is 19.3 Å². The Morgan fingerprint density at radius 3 is 2.81 bits per heavy atom. The molecule has 0 saturated carbocycles. The number of nitrogens with two attached hydrogens (primary N) is 1. The van der Waals surface area contributed by atoms with E-state index in [1.807, 2.05) is 6.07 Å². The third-order valence-electron chi connectivity index (χ3n) is 3.85. The molecule has 2 rings (SSSR count). The summed E-state index contributed by atoms with van der Waals surface area (Å²) in [5.74, 6) is -0.109. The van der Waals surface area contributed by atoms with Crippen LogP contribution in [0.15, 0.2) is 22.7 Å². The highest BCUT2D eigenvalue weighted by atomic mass is 79.9. The molecule has 0 radical (unpaired) electrons. The fraction of sp³-hybridized carbons (Fsp3) is 0.571. The van der Waals surface area contributed by atoms with Crippen molar-refractivity contribution >= 4 is 26.0 Å². The van der Waals surface area contributed by atoms with E-state index < -0.39 is 10.0 Å². The van der Waals surface area contributed by atoms with Crippen LogP contribution in [0.5, 0.6) is 0 Å². The third-order valence-corrected chi connectivity index (χ3v) is 5.58. The maximum absolute atomic E-state index is 13.4. The fourth-order valence-corrected chi connectivity index (χ4v) is 4.23. The molecule has 1 aromatic rings. The largest absolute Gasteiger partial charge is 0.324 e. The standard InChI is InChI=1S/C14H20BrFN2O2S/c1-21(19,20)18-4-2-3-10(9-18)5-14(17)11-6-12(15)8-13(16)7-11/h6-8,10,14H,2-5,9,17H2,1H3. The first-order valence-electron chi connectivity index (χ1n) is 6.92. The molecule has 2 N–H and O–H groups in total. The molecule has 118 valence electrons. The molecule has 1 aromatic carbocycles. The van der Waals surface area contributed by atoms with Crippen LogP contribution in [0, 0.1) is 11.7 Å². The molecule has 7 heteroatoms. The molecular weight excluding hydrogens is 359 g/mol. The third kappa shape index (κ3) is 4.74. The van der Waals surface area contributed by atoms with Crippen LogP contribution in [0.2, 0.25) is 0 Å². The van der Waals surface area contributed by atoms with Crippen LogP contribution in [-0.2, 0) is 10.0 Å². The van der Waals surface area contributed by atoms with Gasteiger partial charge in [0, 0.05) is 23.6 Å². The van der Waals surface area contributed by atoms with Gasteiger partial charge < -0.3 is 5.73 Å². The average molecular weight is 379 g/mol. The van der Waals surface area contributed by atoms with Crippen LogP contribution in [0.25, 0.3) is 0 Å². The Morgan fingerprint density at radius 2 is 2.19 bits per heavy atom. The molecule has 1 fully saturated rings. The van der Waals surface area contributed by atoms with Crippen molar-refractivity contribution in [1.82, 2.24) is 4.31 Å². The molecule has 0 spiro atoms. The first-order valence-corrected chi connectivity index (χ1v) is 9.56. The number of hydrogen-bond acceptors (Lipinski definition) is 3. The fourth-order valence-electron chi connectivity index (χ4n) is 2.80. The SMILES string of the molecule is CS(=O)(=O)N1CCCC(CC(N)c2cc(F)cc(Br)c2)C1. The molecule has 0 aliphatic carbocycles. The number of benzene rings is 1. The summed E-state index contributed by atoms with van der Waals surface area (Å²) in [6.07, 6.45) is 3.69. The minimum Gasteiger partial charge on any atom is -0.324 e. The van der Waals surface area contributed by atoms with E-state index in [2.05, 4.69) is 15.9 Å². The topological polar surface area (TPSA) is 63.4 Å². The Bertz CT molecular complexity index is 589. The highest BCUT2D eigenvalue weighted by Gasteiger charge is 2.27. The molecule has 0 aromatic heterocycles. The van der Waals surface area contributed by atoms with Crippen LogP contribution in [0.4, 0.5) is 4.39 Å². The second-order valence-corrected chi connectivity index (χ2v) is 8.57. The zero-order valence-corrected chi connectivity index (χ0v) is 14.3. The van der Waals surface area contributed by atoms with E-state index in [9.17, 15) is 12.8 Å². The predicted octanol–water partition coefficient (Wildman–Crippen LogP) is 2.65. The van der Waals surface area contributed by atoms with E-state index in [1.54, 1.807) is 0 Å². The van der Waals surface area contributed by atoms with E-state index in [-0.39, 0.29) is 17.8 Å². The van der Waals surface area contributed by atoms with Crippen LogP contribution < -0.4 is 5.73 Å². The molecular formula is C14H20BrFN2O2S. The Hall–Kier alpha value is -0.500. The Balaban J connectivity index is 2.03. The highest BCUT2D eigenvalue weighted by molar-refractivity contribution is 9.10. The summed E-state index contributed by atoms with van der Waals surface area (Å²) in [7, 11) is -3.15. The summed E-state index contributed by atoms with van der Waals surface area (Å²) in [6.45, 7) is 1.08. The summed E-state index contributed by atoms with van der Waals surface area (Å²) in [5.41, 5.74) is 6.90. The molecule has 0 amide bonds. The van der Waals surface area contributed by atoms with E-state index in [0.29, 0.717) is 24.0 Å². The monoisotopic (exact) mass is 378 g/mol. The van der Waals surface area contributed by atoms with Gasteiger partial charge >= 0.3 is 0 Å². The van der Waals surface area contributed by atoms with Gasteiger partial charge in [0.05, 0.1) is 6.26 Å². The highest BCUT2D eigenvalue weighted by Crippen LogP contribution is 2.28. The van der Waals surface area contributed by atoms with Crippen molar-refractivity contribution < 1.29 is 12.8 Å². The summed E-state index contributed by atoms with van der Waals surface area (Å²) >= 11 is 3.26. The van der Waals surface area contributed by atoms with Crippen molar-refractivity contribution in [1.29, 1.82) is 0 Å². The molecule has 1 heterocycles. The van der Waals surface area contributed by atoms with E-state index in [0.717, 1.165) is 18.4 Å². The zero-order valence-electron chi connectivity index (χ0n) is 11.9. The number of piperidine rings is 1.